The summed E-state index contributed by atoms with van der Waals surface area (Å²) in [5.41, 5.74) is 1.07. The number of amides is 1. The molecule has 0 radical (unpaired) electrons. The first-order valence-corrected chi connectivity index (χ1v) is 6.80. The minimum Gasteiger partial charge on any atom is -0.375 e. The Balaban J connectivity index is 2.17. The highest BCUT2D eigenvalue weighted by Gasteiger charge is 2.30. The number of ether oxygens (including phenoxy) is 1. The second-order valence-corrected chi connectivity index (χ2v) is 5.42. The molecule has 0 aromatic heterocycles. The van der Waals surface area contributed by atoms with Gasteiger partial charge in [0.1, 0.15) is 12.0 Å². The van der Waals surface area contributed by atoms with Gasteiger partial charge in [-0.2, -0.15) is 0 Å². The van der Waals surface area contributed by atoms with E-state index in [1.54, 1.807) is 11.8 Å². The molecule has 1 aliphatic rings. The highest BCUT2D eigenvalue weighted by Crippen LogP contribution is 2.38. The lowest BCUT2D eigenvalue weighted by Gasteiger charge is -2.23. The van der Waals surface area contributed by atoms with Crippen LogP contribution < -0.4 is 0 Å². The van der Waals surface area contributed by atoms with Gasteiger partial charge in [-0.05, 0) is 17.7 Å². The number of carbonyl (C=O) groups excluding carboxylic acids is 1. The van der Waals surface area contributed by atoms with Crippen LogP contribution in [0.2, 0.25) is 5.02 Å². The predicted molar refractivity (Wildman–Crippen MR) is 70.2 cm³/mol. The quantitative estimate of drug-likeness (QED) is 0.846. The van der Waals surface area contributed by atoms with Crippen LogP contribution in [-0.2, 0) is 9.53 Å². The van der Waals surface area contributed by atoms with Gasteiger partial charge in [0.2, 0.25) is 5.91 Å². The third-order valence-corrected chi connectivity index (χ3v) is 4.11. The molecule has 0 aliphatic carbocycles. The number of methoxy groups -OCH3 is 1. The lowest BCUT2D eigenvalue weighted by Crippen LogP contribution is -2.33. The van der Waals surface area contributed by atoms with E-state index in [-0.39, 0.29) is 17.9 Å². The van der Waals surface area contributed by atoms with Crippen molar-refractivity contribution in [1.82, 2.24) is 4.90 Å². The van der Waals surface area contributed by atoms with Gasteiger partial charge in [-0.3, -0.25) is 4.79 Å². The topological polar surface area (TPSA) is 29.5 Å². The highest BCUT2D eigenvalue weighted by molar-refractivity contribution is 7.99. The molecule has 3 nitrogen and oxygen atoms in total. The lowest BCUT2D eigenvalue weighted by molar-refractivity contribution is -0.135. The molecule has 1 fully saturated rings. The molecule has 2 rings (SSSR count). The first-order chi connectivity index (χ1) is 8.22. The number of rotatable bonds is 3. The largest absolute Gasteiger partial charge is 0.375 e. The zero-order chi connectivity index (χ0) is 12.3. The summed E-state index contributed by atoms with van der Waals surface area (Å²) in [4.78, 5) is 13.7. The van der Waals surface area contributed by atoms with E-state index in [1.165, 1.54) is 7.11 Å². The van der Waals surface area contributed by atoms with Crippen LogP contribution >= 0.6 is 23.4 Å². The van der Waals surface area contributed by atoms with Crippen LogP contribution in [0, 0.1) is 0 Å². The summed E-state index contributed by atoms with van der Waals surface area (Å²) >= 11 is 7.73. The molecule has 1 atom stereocenters. The van der Waals surface area contributed by atoms with Crippen molar-refractivity contribution >= 4 is 29.3 Å². The van der Waals surface area contributed by atoms with Crippen LogP contribution in [0.1, 0.15) is 10.9 Å². The Morgan fingerprint density at radius 1 is 1.65 bits per heavy atom. The third-order valence-electron chi connectivity index (χ3n) is 2.61. The van der Waals surface area contributed by atoms with Gasteiger partial charge in [-0.1, -0.05) is 23.7 Å². The first-order valence-electron chi connectivity index (χ1n) is 5.38. The van der Waals surface area contributed by atoms with Crippen molar-refractivity contribution in [2.45, 2.75) is 5.37 Å². The molecular weight excluding hydrogens is 258 g/mol. The Hall–Kier alpha value is -0.710. The van der Waals surface area contributed by atoms with Crippen LogP contribution in [0.3, 0.4) is 0 Å². The van der Waals surface area contributed by atoms with Gasteiger partial charge < -0.3 is 9.64 Å². The van der Waals surface area contributed by atoms with E-state index in [0.29, 0.717) is 5.02 Å². The molecule has 92 valence electrons. The van der Waals surface area contributed by atoms with E-state index in [4.69, 9.17) is 16.3 Å². The van der Waals surface area contributed by atoms with Crippen LogP contribution in [0.4, 0.5) is 0 Å². The smallest absolute Gasteiger partial charge is 0.249 e. The molecule has 0 spiro atoms. The van der Waals surface area contributed by atoms with E-state index in [9.17, 15) is 4.79 Å². The average molecular weight is 272 g/mol. The molecule has 1 heterocycles. The predicted octanol–water partition coefficient (Wildman–Crippen LogP) is 2.56. The van der Waals surface area contributed by atoms with E-state index in [0.717, 1.165) is 17.9 Å². The Morgan fingerprint density at radius 3 is 3.18 bits per heavy atom. The first kappa shape index (κ1) is 12.7. The summed E-state index contributed by atoms with van der Waals surface area (Å²) in [6.07, 6.45) is 0. The second-order valence-electron chi connectivity index (χ2n) is 3.80. The van der Waals surface area contributed by atoms with Gasteiger partial charge in [0.05, 0.1) is 0 Å². The van der Waals surface area contributed by atoms with Gasteiger partial charge in [0.15, 0.2) is 0 Å². The Labute approximate surface area is 110 Å². The van der Waals surface area contributed by atoms with Gasteiger partial charge in [0, 0.05) is 24.4 Å². The monoisotopic (exact) mass is 271 g/mol. The summed E-state index contributed by atoms with van der Waals surface area (Å²) < 4.78 is 4.90. The molecule has 1 amide bonds. The van der Waals surface area contributed by atoms with Crippen molar-refractivity contribution in [3.63, 3.8) is 0 Å². The normalized spacial score (nSPS) is 19.6. The number of hydrogen-bond donors (Lipinski definition) is 0. The van der Waals surface area contributed by atoms with E-state index in [2.05, 4.69) is 0 Å². The van der Waals surface area contributed by atoms with Crippen molar-refractivity contribution in [3.8, 4) is 0 Å². The fourth-order valence-corrected chi connectivity index (χ4v) is 3.33. The molecule has 5 heteroatoms. The van der Waals surface area contributed by atoms with Crippen molar-refractivity contribution in [3.05, 3.63) is 34.9 Å². The van der Waals surface area contributed by atoms with Crippen molar-refractivity contribution in [2.24, 2.45) is 0 Å². The fourth-order valence-electron chi connectivity index (χ4n) is 1.87. The molecule has 1 unspecified atom stereocenters. The molecule has 0 N–H and O–H groups in total. The molecular formula is C12H14ClNO2S. The standard InChI is InChI=1S/C12H14ClNO2S/c1-16-8-11(15)14-5-6-17-12(14)9-3-2-4-10(13)7-9/h2-4,7,12H,5-6,8H2,1H3. The van der Waals surface area contributed by atoms with Gasteiger partial charge in [0.25, 0.3) is 0 Å². The molecule has 1 aliphatic heterocycles. The average Bonchev–Trinajstić information content (AvgIpc) is 2.78. The maximum absolute atomic E-state index is 11.9. The third kappa shape index (κ3) is 2.94. The minimum atomic E-state index is 0.0301. The van der Waals surface area contributed by atoms with Gasteiger partial charge >= 0.3 is 0 Å². The molecule has 17 heavy (non-hydrogen) atoms. The number of thioether (sulfide) groups is 1. The SMILES string of the molecule is COCC(=O)N1CCSC1c1cccc(Cl)c1. The van der Waals surface area contributed by atoms with Crippen LogP contribution in [0.25, 0.3) is 0 Å². The van der Waals surface area contributed by atoms with Crippen LogP contribution in [0.5, 0.6) is 0 Å². The maximum Gasteiger partial charge on any atom is 0.249 e. The number of carbonyl (C=O) groups is 1. The molecule has 1 aromatic carbocycles. The molecule has 0 saturated carbocycles. The van der Waals surface area contributed by atoms with E-state index < -0.39 is 0 Å². The summed E-state index contributed by atoms with van der Waals surface area (Å²) in [7, 11) is 1.54. The van der Waals surface area contributed by atoms with Crippen molar-refractivity contribution < 1.29 is 9.53 Å². The summed E-state index contributed by atoms with van der Waals surface area (Å²) in [5.74, 6) is 0.981. The summed E-state index contributed by atoms with van der Waals surface area (Å²) in [6, 6.07) is 7.67. The molecule has 1 aromatic rings. The Kier molecular flexibility index (Phi) is 4.31. The van der Waals surface area contributed by atoms with Crippen molar-refractivity contribution in [1.29, 1.82) is 0 Å². The summed E-state index contributed by atoms with van der Waals surface area (Å²) in [6.45, 7) is 0.904. The zero-order valence-electron chi connectivity index (χ0n) is 9.56. The van der Waals surface area contributed by atoms with Gasteiger partial charge in [-0.15, -0.1) is 11.8 Å². The second kappa shape index (κ2) is 5.76. The minimum absolute atomic E-state index is 0.0301. The Morgan fingerprint density at radius 2 is 2.47 bits per heavy atom. The maximum atomic E-state index is 11.9. The van der Waals surface area contributed by atoms with Crippen molar-refractivity contribution in [2.75, 3.05) is 26.0 Å². The molecule has 0 bridgehead atoms. The van der Waals surface area contributed by atoms with E-state index in [1.807, 2.05) is 29.2 Å². The number of benzene rings is 1. The Bertz CT molecular complexity index is 413. The highest BCUT2D eigenvalue weighted by atomic mass is 35.5. The summed E-state index contributed by atoms with van der Waals surface area (Å²) in [5, 5.41) is 0.769. The number of halogens is 1. The lowest BCUT2D eigenvalue weighted by atomic mass is 10.2. The van der Waals surface area contributed by atoms with Crippen LogP contribution in [-0.4, -0.2) is 36.8 Å². The number of hydrogen-bond acceptors (Lipinski definition) is 3. The molecule has 1 saturated heterocycles. The fraction of sp³-hybridized carbons (Fsp3) is 0.417. The zero-order valence-corrected chi connectivity index (χ0v) is 11.1. The number of nitrogens with zero attached hydrogens (tertiary/aromatic N) is 1. The van der Waals surface area contributed by atoms with Gasteiger partial charge in [-0.25, -0.2) is 0 Å². The van der Waals surface area contributed by atoms with Crippen LogP contribution in [0.15, 0.2) is 24.3 Å². The van der Waals surface area contributed by atoms with E-state index >= 15 is 0 Å².